The Labute approximate surface area is 156 Å². The molecule has 0 radical (unpaired) electrons. The fraction of sp³-hybridized carbons (Fsp3) is 0.524. The summed E-state index contributed by atoms with van der Waals surface area (Å²) in [5.41, 5.74) is 1.18. The maximum Gasteiger partial charge on any atom is 0.222 e. The Bertz CT molecular complexity index is 700. The molecule has 0 bridgehead atoms. The van der Waals surface area contributed by atoms with Crippen molar-refractivity contribution in [1.29, 1.82) is 0 Å². The minimum absolute atomic E-state index is 0.274. The van der Waals surface area contributed by atoms with Gasteiger partial charge >= 0.3 is 0 Å². The number of carbonyl (C=O) groups is 1. The molecule has 0 spiro atoms. The molecule has 0 saturated carbocycles. The van der Waals surface area contributed by atoms with Gasteiger partial charge in [-0.1, -0.05) is 19.1 Å². The van der Waals surface area contributed by atoms with Crippen LogP contribution in [0.1, 0.15) is 37.6 Å². The van der Waals surface area contributed by atoms with Gasteiger partial charge in [-0.2, -0.15) is 0 Å². The van der Waals surface area contributed by atoms with Crippen LogP contribution in [0.3, 0.4) is 0 Å². The van der Waals surface area contributed by atoms with Gasteiger partial charge in [0.15, 0.2) is 0 Å². The van der Waals surface area contributed by atoms with E-state index in [0.717, 1.165) is 56.9 Å². The number of imidazole rings is 1. The van der Waals surface area contributed by atoms with E-state index in [2.05, 4.69) is 22.7 Å². The van der Waals surface area contributed by atoms with E-state index in [9.17, 15) is 4.79 Å². The van der Waals surface area contributed by atoms with Crippen molar-refractivity contribution in [2.75, 3.05) is 20.2 Å². The van der Waals surface area contributed by atoms with Gasteiger partial charge in [0.2, 0.25) is 5.91 Å². The highest BCUT2D eigenvalue weighted by molar-refractivity contribution is 5.76. The Morgan fingerprint density at radius 1 is 1.23 bits per heavy atom. The molecule has 140 valence electrons. The van der Waals surface area contributed by atoms with Crippen LogP contribution >= 0.6 is 0 Å². The summed E-state index contributed by atoms with van der Waals surface area (Å²) in [6.45, 7) is 4.92. The Hall–Kier alpha value is -2.30. The smallest absolute Gasteiger partial charge is 0.222 e. The first-order valence-electron chi connectivity index (χ1n) is 9.60. The molecule has 1 aliphatic heterocycles. The fourth-order valence-electron chi connectivity index (χ4n) is 3.67. The third kappa shape index (κ3) is 4.65. The Kier molecular flexibility index (Phi) is 6.31. The quantitative estimate of drug-likeness (QED) is 0.765. The third-order valence-corrected chi connectivity index (χ3v) is 5.33. The van der Waals surface area contributed by atoms with Gasteiger partial charge in [0, 0.05) is 44.9 Å². The molecule has 2 heterocycles. The number of methoxy groups -OCH3 is 1. The first-order chi connectivity index (χ1) is 12.7. The SMILES string of the molecule is CCc1nccn1CC1CCN(C(=O)CCc2ccc(OC)cc2)CC1. The van der Waals surface area contributed by atoms with E-state index in [-0.39, 0.29) is 5.91 Å². The third-order valence-electron chi connectivity index (χ3n) is 5.33. The summed E-state index contributed by atoms with van der Waals surface area (Å²) in [7, 11) is 1.66. The maximum atomic E-state index is 12.5. The number of carbonyl (C=O) groups excluding carboxylic acids is 1. The van der Waals surface area contributed by atoms with Crippen LogP contribution in [0.5, 0.6) is 5.75 Å². The van der Waals surface area contributed by atoms with E-state index < -0.39 is 0 Å². The van der Waals surface area contributed by atoms with Crippen LogP contribution in [0.15, 0.2) is 36.7 Å². The molecule has 0 N–H and O–H groups in total. The van der Waals surface area contributed by atoms with E-state index in [1.807, 2.05) is 35.4 Å². The lowest BCUT2D eigenvalue weighted by Crippen LogP contribution is -2.39. The van der Waals surface area contributed by atoms with E-state index in [0.29, 0.717) is 12.3 Å². The number of likely N-dealkylation sites (tertiary alicyclic amines) is 1. The zero-order valence-corrected chi connectivity index (χ0v) is 15.9. The van der Waals surface area contributed by atoms with Crippen molar-refractivity contribution < 1.29 is 9.53 Å². The van der Waals surface area contributed by atoms with Gasteiger partial charge in [0.25, 0.3) is 0 Å². The van der Waals surface area contributed by atoms with E-state index in [1.165, 1.54) is 5.56 Å². The summed E-state index contributed by atoms with van der Waals surface area (Å²) in [5.74, 6) is 2.92. The summed E-state index contributed by atoms with van der Waals surface area (Å²) < 4.78 is 7.44. The summed E-state index contributed by atoms with van der Waals surface area (Å²) >= 11 is 0. The van der Waals surface area contributed by atoms with Crippen molar-refractivity contribution >= 4 is 5.91 Å². The van der Waals surface area contributed by atoms with Gasteiger partial charge in [-0.05, 0) is 42.9 Å². The second-order valence-corrected chi connectivity index (χ2v) is 7.02. The van der Waals surface area contributed by atoms with Crippen molar-refractivity contribution in [3.8, 4) is 5.75 Å². The van der Waals surface area contributed by atoms with E-state index in [4.69, 9.17) is 4.74 Å². The maximum absolute atomic E-state index is 12.5. The van der Waals surface area contributed by atoms with Crippen LogP contribution < -0.4 is 4.74 Å². The number of hydrogen-bond acceptors (Lipinski definition) is 3. The number of nitrogens with zero attached hydrogens (tertiary/aromatic N) is 3. The predicted octanol–water partition coefficient (Wildman–Crippen LogP) is 3.33. The summed E-state index contributed by atoms with van der Waals surface area (Å²) in [5, 5.41) is 0. The van der Waals surface area contributed by atoms with Crippen LogP contribution in [0.2, 0.25) is 0 Å². The van der Waals surface area contributed by atoms with Crippen molar-refractivity contribution in [3.05, 3.63) is 48.0 Å². The second kappa shape index (κ2) is 8.88. The molecule has 1 fully saturated rings. The Morgan fingerprint density at radius 2 is 1.96 bits per heavy atom. The molecular formula is C21H29N3O2. The van der Waals surface area contributed by atoms with Gasteiger partial charge in [-0.15, -0.1) is 0 Å². The summed E-state index contributed by atoms with van der Waals surface area (Å²) in [4.78, 5) is 18.9. The molecule has 0 aliphatic carbocycles. The molecule has 1 aromatic carbocycles. The molecule has 26 heavy (non-hydrogen) atoms. The molecular weight excluding hydrogens is 326 g/mol. The number of hydrogen-bond donors (Lipinski definition) is 0. The molecule has 5 nitrogen and oxygen atoms in total. The standard InChI is InChI=1S/C21H29N3O2/c1-3-20-22-12-15-24(20)16-18-10-13-23(14-11-18)21(25)9-6-17-4-7-19(26-2)8-5-17/h4-5,7-8,12,15,18H,3,6,9-11,13-14,16H2,1-2H3. The van der Waals surface area contributed by atoms with Crippen molar-refractivity contribution in [2.45, 2.75) is 45.6 Å². The number of aromatic nitrogens is 2. The fourth-order valence-corrected chi connectivity index (χ4v) is 3.67. The highest BCUT2D eigenvalue weighted by Crippen LogP contribution is 2.21. The average Bonchev–Trinajstić information content (AvgIpc) is 3.14. The highest BCUT2D eigenvalue weighted by Gasteiger charge is 2.23. The Morgan fingerprint density at radius 3 is 2.62 bits per heavy atom. The van der Waals surface area contributed by atoms with E-state index >= 15 is 0 Å². The molecule has 0 unspecified atom stereocenters. The highest BCUT2D eigenvalue weighted by atomic mass is 16.5. The van der Waals surface area contributed by atoms with Gasteiger partial charge in [0.05, 0.1) is 7.11 Å². The minimum atomic E-state index is 0.274. The molecule has 1 aromatic heterocycles. The van der Waals surface area contributed by atoms with Crippen LogP contribution in [0.4, 0.5) is 0 Å². The Balaban J connectivity index is 1.43. The number of benzene rings is 1. The zero-order valence-electron chi connectivity index (χ0n) is 15.9. The van der Waals surface area contributed by atoms with Crippen LogP contribution in [-0.4, -0.2) is 40.6 Å². The molecule has 1 aliphatic rings. The van der Waals surface area contributed by atoms with Crippen molar-refractivity contribution in [2.24, 2.45) is 5.92 Å². The van der Waals surface area contributed by atoms with Crippen molar-refractivity contribution in [1.82, 2.24) is 14.5 Å². The average molecular weight is 355 g/mol. The van der Waals surface area contributed by atoms with Gasteiger partial charge in [-0.3, -0.25) is 4.79 Å². The first-order valence-corrected chi connectivity index (χ1v) is 9.60. The van der Waals surface area contributed by atoms with Crippen molar-refractivity contribution in [3.63, 3.8) is 0 Å². The molecule has 2 aromatic rings. The van der Waals surface area contributed by atoms with E-state index in [1.54, 1.807) is 7.11 Å². The number of rotatable bonds is 7. The topological polar surface area (TPSA) is 47.4 Å². The lowest BCUT2D eigenvalue weighted by Gasteiger charge is -2.32. The zero-order chi connectivity index (χ0) is 18.4. The number of piperidine rings is 1. The lowest BCUT2D eigenvalue weighted by atomic mass is 9.96. The van der Waals surface area contributed by atoms with Gasteiger partial charge in [0.1, 0.15) is 11.6 Å². The second-order valence-electron chi connectivity index (χ2n) is 7.02. The summed E-state index contributed by atoms with van der Waals surface area (Å²) in [6, 6.07) is 7.97. The number of aryl methyl sites for hydroxylation is 2. The molecule has 1 saturated heterocycles. The number of ether oxygens (including phenoxy) is 1. The van der Waals surface area contributed by atoms with Gasteiger partial charge in [-0.25, -0.2) is 4.98 Å². The largest absolute Gasteiger partial charge is 0.497 e. The predicted molar refractivity (Wildman–Crippen MR) is 102 cm³/mol. The normalized spacial score (nSPS) is 15.2. The lowest BCUT2D eigenvalue weighted by molar-refractivity contribution is -0.132. The molecule has 0 atom stereocenters. The summed E-state index contributed by atoms with van der Waals surface area (Å²) in [6.07, 6.45) is 8.46. The molecule has 3 rings (SSSR count). The van der Waals surface area contributed by atoms with Crippen LogP contribution in [0, 0.1) is 5.92 Å². The minimum Gasteiger partial charge on any atom is -0.497 e. The van der Waals surface area contributed by atoms with Gasteiger partial charge < -0.3 is 14.2 Å². The monoisotopic (exact) mass is 355 g/mol. The molecule has 5 heteroatoms. The first kappa shape index (κ1) is 18.5. The van der Waals surface area contributed by atoms with Crippen LogP contribution in [0.25, 0.3) is 0 Å². The van der Waals surface area contributed by atoms with Crippen LogP contribution in [-0.2, 0) is 24.2 Å². The molecule has 1 amide bonds. The number of amides is 1.